The predicted octanol–water partition coefficient (Wildman–Crippen LogP) is 3.19. The minimum atomic E-state index is -2.89. The Morgan fingerprint density at radius 1 is 1.30 bits per heavy atom. The molecule has 4 aromatic heterocycles. The van der Waals surface area contributed by atoms with Crippen molar-refractivity contribution in [3.05, 3.63) is 36.3 Å². The lowest BCUT2D eigenvalue weighted by Crippen LogP contribution is -2.55. The lowest BCUT2D eigenvalue weighted by Gasteiger charge is -2.36. The summed E-state index contributed by atoms with van der Waals surface area (Å²) in [7, 11) is 0. The molecule has 2 fully saturated rings. The highest BCUT2D eigenvalue weighted by Gasteiger charge is 2.49. The summed E-state index contributed by atoms with van der Waals surface area (Å²) in [5, 5.41) is 19.2. The molecule has 1 amide bonds. The Kier molecular flexibility index (Phi) is 6.72. The van der Waals surface area contributed by atoms with E-state index < -0.39 is 17.9 Å². The summed E-state index contributed by atoms with van der Waals surface area (Å²) in [5.74, 6) is -2.46. The molecule has 3 aliphatic rings. The lowest BCUT2D eigenvalue weighted by atomic mass is 9.88. The molecule has 0 aromatic carbocycles. The standard InChI is InChI=1S/C20H17F2N7O2.C4H8O.H3P/c21-20(22)4-3-13(20)27-19(30)12-9-26-29-17(12)28-14(15-18(29)24-6-7-31-15)11-8-25-16-10(11)2-1-5-23-16;5-4-2-1-3-4;/h1-2,5,8-9,13,24H,3-4,6-7H2,(H,23,25)(H,27,30);4-5H,1-3H2;1H3. The fourth-order valence-corrected chi connectivity index (χ4v) is 4.39. The summed E-state index contributed by atoms with van der Waals surface area (Å²) >= 11 is 0. The normalized spacial score (nSPS) is 19.7. The fraction of sp³-hybridized carbons (Fsp3) is 0.417. The molecule has 10 nitrogen and oxygen atoms in total. The van der Waals surface area contributed by atoms with Gasteiger partial charge in [0, 0.05) is 29.8 Å². The van der Waals surface area contributed by atoms with Crippen LogP contribution in [0.4, 0.5) is 14.6 Å². The number of hydrogen-bond donors (Lipinski definition) is 4. The highest BCUT2D eigenvalue weighted by atomic mass is 31.0. The molecule has 37 heavy (non-hydrogen) atoms. The third kappa shape index (κ3) is 4.48. The van der Waals surface area contributed by atoms with Crippen LogP contribution in [-0.2, 0) is 0 Å². The maximum Gasteiger partial charge on any atom is 0.267 e. The van der Waals surface area contributed by atoms with Crippen molar-refractivity contribution in [2.24, 2.45) is 0 Å². The number of fused-ring (bicyclic) bond motifs is 4. The lowest BCUT2D eigenvalue weighted by molar-refractivity contribution is -0.102. The van der Waals surface area contributed by atoms with Gasteiger partial charge in [-0.25, -0.2) is 18.7 Å². The number of carbonyl (C=O) groups excluding carboxylic acids is 1. The summed E-state index contributed by atoms with van der Waals surface area (Å²) < 4.78 is 34.7. The number of aromatic nitrogens is 5. The monoisotopic (exact) mass is 531 g/mol. The number of carbonyl (C=O) groups is 1. The minimum Gasteiger partial charge on any atom is -0.486 e. The van der Waals surface area contributed by atoms with E-state index >= 15 is 0 Å². The SMILES string of the molecule is O=C(NC1CCC1(F)F)c1cnn2c3c(c(-c4c[nH]c5ncccc45)nc12)OCCN3.OC1CCC1.P. The van der Waals surface area contributed by atoms with E-state index in [9.17, 15) is 13.6 Å². The number of aliphatic hydroxyl groups excluding tert-OH is 1. The van der Waals surface area contributed by atoms with Gasteiger partial charge in [-0.1, -0.05) is 0 Å². The van der Waals surface area contributed by atoms with Crippen LogP contribution in [0.1, 0.15) is 42.5 Å². The van der Waals surface area contributed by atoms with Crippen molar-refractivity contribution >= 4 is 38.3 Å². The number of hydrogen-bond acceptors (Lipinski definition) is 7. The highest BCUT2D eigenvalue weighted by Crippen LogP contribution is 2.41. The first-order valence-corrected chi connectivity index (χ1v) is 12.0. The quantitative estimate of drug-likeness (QED) is 0.299. The van der Waals surface area contributed by atoms with E-state index in [1.807, 2.05) is 12.1 Å². The number of anilines is 1. The van der Waals surface area contributed by atoms with Gasteiger partial charge in [0.25, 0.3) is 11.8 Å². The van der Waals surface area contributed by atoms with E-state index in [-0.39, 0.29) is 40.1 Å². The number of aromatic amines is 1. The Bertz CT molecular complexity index is 1450. The molecule has 5 heterocycles. The van der Waals surface area contributed by atoms with E-state index in [1.54, 1.807) is 12.4 Å². The largest absolute Gasteiger partial charge is 0.486 e. The number of alkyl halides is 2. The Labute approximate surface area is 213 Å². The van der Waals surface area contributed by atoms with Crippen molar-refractivity contribution in [1.29, 1.82) is 0 Å². The van der Waals surface area contributed by atoms with Gasteiger partial charge in [-0.05, 0) is 37.8 Å². The summed E-state index contributed by atoms with van der Waals surface area (Å²) in [4.78, 5) is 24.9. The van der Waals surface area contributed by atoms with Crippen LogP contribution >= 0.6 is 9.90 Å². The maximum absolute atomic E-state index is 13.7. The first-order valence-electron chi connectivity index (χ1n) is 12.0. The van der Waals surface area contributed by atoms with Gasteiger partial charge in [0.2, 0.25) is 0 Å². The van der Waals surface area contributed by atoms with E-state index in [4.69, 9.17) is 9.84 Å². The first kappa shape index (κ1) is 25.3. The number of H-pyrrole nitrogens is 1. The van der Waals surface area contributed by atoms with E-state index in [1.165, 1.54) is 17.1 Å². The summed E-state index contributed by atoms with van der Waals surface area (Å²) in [6, 6.07) is 2.55. The molecule has 0 spiro atoms. The van der Waals surface area contributed by atoms with Gasteiger partial charge in [0.1, 0.15) is 23.5 Å². The third-order valence-electron chi connectivity index (χ3n) is 6.85. The zero-order valence-corrected chi connectivity index (χ0v) is 21.4. The second kappa shape index (κ2) is 9.83. The second-order valence-corrected chi connectivity index (χ2v) is 9.22. The Hall–Kier alpha value is -3.37. The molecule has 0 radical (unpaired) electrons. The van der Waals surface area contributed by atoms with Crippen LogP contribution in [-0.4, -0.2) is 66.8 Å². The molecule has 196 valence electrons. The number of nitrogens with one attached hydrogen (secondary N) is 3. The maximum atomic E-state index is 13.7. The van der Waals surface area contributed by atoms with Crippen LogP contribution in [0.15, 0.2) is 30.7 Å². The molecule has 0 saturated heterocycles. The van der Waals surface area contributed by atoms with Gasteiger partial charge in [-0.3, -0.25) is 4.79 Å². The zero-order valence-electron chi connectivity index (χ0n) is 20.0. The Balaban J connectivity index is 0.000000421. The fourth-order valence-electron chi connectivity index (χ4n) is 4.39. The number of ether oxygens (including phenoxy) is 1. The molecule has 2 saturated carbocycles. The van der Waals surface area contributed by atoms with Crippen LogP contribution in [0.25, 0.3) is 27.9 Å². The molecule has 4 N–H and O–H groups in total. The molecule has 7 rings (SSSR count). The molecular formula is C24H28F2N7O3P. The highest BCUT2D eigenvalue weighted by molar-refractivity contribution is 6.92. The average molecular weight is 532 g/mol. The van der Waals surface area contributed by atoms with E-state index in [0.717, 1.165) is 23.8 Å². The summed E-state index contributed by atoms with van der Waals surface area (Å²) in [6.45, 7) is 0.996. The summed E-state index contributed by atoms with van der Waals surface area (Å²) in [6.07, 6.45) is 8.20. The topological polar surface area (TPSA) is 129 Å². The van der Waals surface area contributed by atoms with Crippen LogP contribution in [0.3, 0.4) is 0 Å². The Morgan fingerprint density at radius 3 is 2.78 bits per heavy atom. The van der Waals surface area contributed by atoms with Crippen molar-refractivity contribution < 1.29 is 23.4 Å². The number of rotatable bonds is 3. The van der Waals surface area contributed by atoms with E-state index in [0.29, 0.717) is 36.1 Å². The van der Waals surface area contributed by atoms with Gasteiger partial charge in [0.15, 0.2) is 17.2 Å². The predicted molar refractivity (Wildman–Crippen MR) is 138 cm³/mol. The molecule has 0 bridgehead atoms. The smallest absolute Gasteiger partial charge is 0.267 e. The second-order valence-electron chi connectivity index (χ2n) is 9.22. The molecule has 4 aromatic rings. The Morgan fingerprint density at radius 2 is 2.11 bits per heavy atom. The molecule has 13 heteroatoms. The van der Waals surface area contributed by atoms with Crippen LogP contribution < -0.4 is 15.4 Å². The number of halogens is 2. The number of pyridine rings is 1. The van der Waals surface area contributed by atoms with Crippen LogP contribution in [0.2, 0.25) is 0 Å². The molecule has 1 aliphatic heterocycles. The van der Waals surface area contributed by atoms with Crippen molar-refractivity contribution in [3.8, 4) is 17.0 Å². The number of nitrogens with zero attached hydrogens (tertiary/aromatic N) is 4. The van der Waals surface area contributed by atoms with Gasteiger partial charge in [-0.15, -0.1) is 0 Å². The molecule has 2 unspecified atom stereocenters. The van der Waals surface area contributed by atoms with Gasteiger partial charge in [-0.2, -0.15) is 19.5 Å². The number of aliphatic hydroxyl groups is 1. The van der Waals surface area contributed by atoms with E-state index in [2.05, 4.69) is 30.7 Å². The van der Waals surface area contributed by atoms with Crippen molar-refractivity contribution in [2.45, 2.75) is 50.2 Å². The molecule has 2 aliphatic carbocycles. The first-order chi connectivity index (χ1) is 17.4. The van der Waals surface area contributed by atoms with Crippen molar-refractivity contribution in [3.63, 3.8) is 0 Å². The summed E-state index contributed by atoms with van der Waals surface area (Å²) in [5.41, 5.74) is 2.33. The van der Waals surface area contributed by atoms with Crippen molar-refractivity contribution in [2.75, 3.05) is 18.5 Å². The van der Waals surface area contributed by atoms with Gasteiger partial charge < -0.3 is 25.5 Å². The number of amides is 1. The van der Waals surface area contributed by atoms with Gasteiger partial charge in [0.05, 0.1) is 24.9 Å². The van der Waals surface area contributed by atoms with Gasteiger partial charge >= 0.3 is 0 Å². The van der Waals surface area contributed by atoms with Crippen LogP contribution in [0.5, 0.6) is 5.75 Å². The molecule has 2 atom stereocenters. The third-order valence-corrected chi connectivity index (χ3v) is 6.85. The van der Waals surface area contributed by atoms with Crippen molar-refractivity contribution in [1.82, 2.24) is 29.9 Å². The average Bonchev–Trinajstić information content (AvgIpc) is 3.50. The van der Waals surface area contributed by atoms with Crippen LogP contribution in [0, 0.1) is 0 Å². The zero-order chi connectivity index (χ0) is 24.9. The molecular weight excluding hydrogens is 503 g/mol. The minimum absolute atomic E-state index is 0.